The van der Waals surface area contributed by atoms with Gasteiger partial charge in [-0.15, -0.1) is 0 Å². The van der Waals surface area contributed by atoms with Crippen molar-refractivity contribution in [2.24, 2.45) is 34.5 Å². The second kappa shape index (κ2) is 9.52. The molecule has 0 aromatic heterocycles. The summed E-state index contributed by atoms with van der Waals surface area (Å²) in [5.74, 6) is 0.210. The first kappa shape index (κ1) is 28.9. The largest absolute Gasteiger partial charge is 0.476 e. The first-order valence-electron chi connectivity index (χ1n) is 13.7. The SMILES string of the molecule is CC(C)(C)OP(=O)(OCC(=O)C1CCC2C3CCC4=CC(=O)C=C[C@]4(C)C3[C@@H](O)CC12C)OC(C)(C)C. The number of phosphoric ester groups is 1. The van der Waals surface area contributed by atoms with E-state index in [1.807, 2.05) is 6.08 Å². The lowest BCUT2D eigenvalue weighted by Gasteiger charge is -2.58. The quantitative estimate of drug-likeness (QED) is 0.403. The van der Waals surface area contributed by atoms with Crippen LogP contribution in [0.5, 0.6) is 0 Å². The number of carbonyl (C=O) groups excluding carboxylic acids is 2. The van der Waals surface area contributed by atoms with Gasteiger partial charge in [-0.3, -0.25) is 23.2 Å². The highest BCUT2D eigenvalue weighted by molar-refractivity contribution is 7.48. The summed E-state index contributed by atoms with van der Waals surface area (Å²) in [4.78, 5) is 25.6. The minimum Gasteiger partial charge on any atom is -0.393 e. The molecule has 0 amide bonds. The average molecular weight is 537 g/mol. The fourth-order valence-corrected chi connectivity index (χ4v) is 9.61. The molecule has 4 rings (SSSR count). The molecule has 37 heavy (non-hydrogen) atoms. The summed E-state index contributed by atoms with van der Waals surface area (Å²) >= 11 is 0. The fourth-order valence-electron chi connectivity index (χ4n) is 7.84. The molecule has 7 atom stereocenters. The molecule has 0 bridgehead atoms. The van der Waals surface area contributed by atoms with Crippen LogP contribution < -0.4 is 0 Å². The van der Waals surface area contributed by atoms with Crippen molar-refractivity contribution < 1.29 is 32.8 Å². The molecule has 3 saturated carbocycles. The van der Waals surface area contributed by atoms with Gasteiger partial charge in [0.05, 0.1) is 17.3 Å². The van der Waals surface area contributed by atoms with Crippen molar-refractivity contribution in [1.82, 2.24) is 0 Å². The van der Waals surface area contributed by atoms with E-state index in [0.717, 1.165) is 31.3 Å². The Morgan fingerprint density at radius 3 is 2.30 bits per heavy atom. The van der Waals surface area contributed by atoms with Crippen molar-refractivity contribution in [2.45, 2.75) is 105 Å². The highest BCUT2D eigenvalue weighted by Crippen LogP contribution is 2.66. The normalized spacial score (nSPS) is 38.0. The van der Waals surface area contributed by atoms with Gasteiger partial charge in [-0.05, 0) is 103 Å². The van der Waals surface area contributed by atoms with Crippen LogP contribution in [-0.4, -0.2) is 40.6 Å². The van der Waals surface area contributed by atoms with E-state index in [1.165, 1.54) is 0 Å². The summed E-state index contributed by atoms with van der Waals surface area (Å²) in [6.07, 6.45) is 8.73. The molecule has 7 nitrogen and oxygen atoms in total. The Morgan fingerprint density at radius 1 is 1.08 bits per heavy atom. The van der Waals surface area contributed by atoms with Crippen LogP contribution in [0.3, 0.4) is 0 Å². The lowest BCUT2D eigenvalue weighted by Crippen LogP contribution is -2.56. The number of Topliss-reactive ketones (excluding diaryl/α,β-unsaturated/α-hetero) is 1. The zero-order chi connectivity index (χ0) is 27.6. The second-order valence-corrected chi connectivity index (χ2v) is 15.5. The number of allylic oxidation sites excluding steroid dienone is 4. The molecular weight excluding hydrogens is 491 g/mol. The number of aliphatic hydroxyl groups is 1. The van der Waals surface area contributed by atoms with Crippen molar-refractivity contribution in [3.8, 4) is 0 Å². The van der Waals surface area contributed by atoms with E-state index in [0.29, 0.717) is 12.3 Å². The maximum atomic E-state index is 13.6. The number of hydrogen-bond acceptors (Lipinski definition) is 7. The van der Waals surface area contributed by atoms with Crippen LogP contribution in [0.2, 0.25) is 0 Å². The van der Waals surface area contributed by atoms with Crippen LogP contribution in [0.25, 0.3) is 0 Å². The predicted octanol–water partition coefficient (Wildman–Crippen LogP) is 6.21. The predicted molar refractivity (Wildman–Crippen MR) is 142 cm³/mol. The van der Waals surface area contributed by atoms with Crippen LogP contribution in [0.15, 0.2) is 23.8 Å². The molecule has 0 aliphatic heterocycles. The molecule has 1 N–H and O–H groups in total. The van der Waals surface area contributed by atoms with Crippen molar-refractivity contribution >= 4 is 19.4 Å². The molecule has 0 radical (unpaired) electrons. The van der Waals surface area contributed by atoms with Gasteiger partial charge in [-0.2, -0.15) is 0 Å². The summed E-state index contributed by atoms with van der Waals surface area (Å²) in [7, 11) is -3.99. The molecule has 0 heterocycles. The van der Waals surface area contributed by atoms with Crippen LogP contribution in [0.1, 0.15) is 87.5 Å². The number of phosphoric acid groups is 1. The Labute approximate surface area is 222 Å². The smallest absolute Gasteiger partial charge is 0.393 e. The van der Waals surface area contributed by atoms with Crippen molar-refractivity contribution in [3.63, 3.8) is 0 Å². The molecule has 208 valence electrons. The summed E-state index contributed by atoms with van der Waals surface area (Å²) in [5, 5.41) is 11.5. The second-order valence-electron chi connectivity index (χ2n) is 14.0. The first-order chi connectivity index (χ1) is 16.9. The highest BCUT2D eigenvalue weighted by Gasteiger charge is 2.62. The van der Waals surface area contributed by atoms with E-state index >= 15 is 0 Å². The van der Waals surface area contributed by atoms with E-state index in [4.69, 9.17) is 13.6 Å². The molecule has 0 aromatic rings. The van der Waals surface area contributed by atoms with E-state index in [1.54, 1.807) is 53.7 Å². The van der Waals surface area contributed by atoms with Crippen LogP contribution in [-0.2, 0) is 27.7 Å². The number of carbonyl (C=O) groups is 2. The summed E-state index contributed by atoms with van der Waals surface area (Å²) < 4.78 is 30.5. The highest BCUT2D eigenvalue weighted by atomic mass is 31.2. The number of fused-ring (bicyclic) bond motifs is 5. The lowest BCUT2D eigenvalue weighted by molar-refractivity contribution is -0.141. The molecule has 4 aliphatic rings. The fraction of sp³-hybridized carbons (Fsp3) is 0.793. The van der Waals surface area contributed by atoms with Gasteiger partial charge in [0.25, 0.3) is 0 Å². The third kappa shape index (κ3) is 5.63. The van der Waals surface area contributed by atoms with Crippen LogP contribution >= 0.6 is 7.82 Å². The molecule has 0 saturated heterocycles. The van der Waals surface area contributed by atoms with Gasteiger partial charge in [-0.25, -0.2) is 4.57 Å². The van der Waals surface area contributed by atoms with E-state index in [2.05, 4.69) is 13.8 Å². The maximum absolute atomic E-state index is 13.6. The van der Waals surface area contributed by atoms with Gasteiger partial charge in [0.15, 0.2) is 11.6 Å². The maximum Gasteiger partial charge on any atom is 0.476 e. The van der Waals surface area contributed by atoms with Gasteiger partial charge < -0.3 is 5.11 Å². The Morgan fingerprint density at radius 2 is 1.70 bits per heavy atom. The number of aliphatic hydroxyl groups excluding tert-OH is 1. The summed E-state index contributed by atoms with van der Waals surface area (Å²) in [6, 6.07) is 0. The molecule has 0 spiro atoms. The summed E-state index contributed by atoms with van der Waals surface area (Å²) in [6.45, 7) is 14.5. The molecule has 4 aliphatic carbocycles. The number of ketones is 2. The number of rotatable bonds is 6. The Bertz CT molecular complexity index is 1030. The lowest BCUT2D eigenvalue weighted by atomic mass is 9.46. The van der Waals surface area contributed by atoms with Gasteiger partial charge in [-0.1, -0.05) is 25.5 Å². The standard InChI is InChI=1S/C29H45O7P/c1-26(2,3)35-37(33,36-27(4,5)6)34-17-24(32)22-12-11-21-20-10-9-18-15-19(30)13-14-28(18,7)25(20)23(31)16-29(21,22)8/h13-15,20-23,25,31H,9-12,16-17H2,1-8H3/t20?,21?,22?,23-,25?,28-,29?/m0/s1. The van der Waals surface area contributed by atoms with E-state index < -0.39 is 25.1 Å². The first-order valence-corrected chi connectivity index (χ1v) is 15.1. The van der Waals surface area contributed by atoms with Crippen LogP contribution in [0, 0.1) is 34.5 Å². The molecular formula is C29H45O7P. The Hall–Kier alpha value is -1.11. The third-order valence-electron chi connectivity index (χ3n) is 9.02. The van der Waals surface area contributed by atoms with E-state index in [9.17, 15) is 19.3 Å². The van der Waals surface area contributed by atoms with Crippen molar-refractivity contribution in [3.05, 3.63) is 23.8 Å². The van der Waals surface area contributed by atoms with E-state index in [-0.39, 0.29) is 46.8 Å². The van der Waals surface area contributed by atoms with Gasteiger partial charge in [0.1, 0.15) is 6.61 Å². The van der Waals surface area contributed by atoms with Gasteiger partial charge in [0, 0.05) is 17.3 Å². The van der Waals surface area contributed by atoms with Crippen molar-refractivity contribution in [2.75, 3.05) is 6.61 Å². The average Bonchev–Trinajstić information content (AvgIpc) is 3.06. The molecule has 8 heteroatoms. The minimum absolute atomic E-state index is 0.0239. The molecule has 3 fully saturated rings. The number of hydrogen-bond donors (Lipinski definition) is 1. The van der Waals surface area contributed by atoms with Crippen molar-refractivity contribution in [1.29, 1.82) is 0 Å². The van der Waals surface area contributed by atoms with Crippen LogP contribution in [0.4, 0.5) is 0 Å². The molecule has 5 unspecified atom stereocenters. The zero-order valence-electron chi connectivity index (χ0n) is 23.7. The Kier molecular flexibility index (Phi) is 7.43. The topological polar surface area (TPSA) is 99.1 Å². The Balaban J connectivity index is 1.52. The molecule has 0 aromatic carbocycles. The zero-order valence-corrected chi connectivity index (χ0v) is 24.6. The third-order valence-corrected chi connectivity index (χ3v) is 11.0. The summed E-state index contributed by atoms with van der Waals surface area (Å²) in [5.41, 5.74) is -1.13. The van der Waals surface area contributed by atoms with Gasteiger partial charge >= 0.3 is 7.82 Å². The van der Waals surface area contributed by atoms with Gasteiger partial charge in [0.2, 0.25) is 0 Å². The monoisotopic (exact) mass is 536 g/mol. The minimum atomic E-state index is -3.99.